The van der Waals surface area contributed by atoms with E-state index < -0.39 is 33.8 Å². The SMILES string of the molecule is CCC1C=CCC2C(=O)N(OS(C)(=O)=O)C(=O)C12. The Hall–Kier alpha value is -1.21. The lowest BCUT2D eigenvalue weighted by Gasteiger charge is -2.24. The summed E-state index contributed by atoms with van der Waals surface area (Å²) in [6, 6.07) is 0. The van der Waals surface area contributed by atoms with Crippen molar-refractivity contribution in [2.75, 3.05) is 6.26 Å². The number of amides is 2. The van der Waals surface area contributed by atoms with Gasteiger partial charge in [0.2, 0.25) is 0 Å². The molecule has 18 heavy (non-hydrogen) atoms. The molecular weight excluding hydrogens is 258 g/mol. The number of rotatable bonds is 3. The smallest absolute Gasteiger partial charge is 0.272 e. The third-order valence-corrected chi connectivity index (χ3v) is 3.77. The molecule has 0 aromatic heterocycles. The lowest BCUT2D eigenvalue weighted by molar-refractivity contribution is -0.165. The molecule has 0 spiro atoms. The second-order valence-corrected chi connectivity index (χ2v) is 6.18. The van der Waals surface area contributed by atoms with Crippen LogP contribution in [0, 0.1) is 17.8 Å². The highest BCUT2D eigenvalue weighted by Crippen LogP contribution is 2.40. The van der Waals surface area contributed by atoms with E-state index in [0.29, 0.717) is 11.5 Å². The molecule has 0 aromatic carbocycles. The predicted molar refractivity (Wildman–Crippen MR) is 62.3 cm³/mol. The van der Waals surface area contributed by atoms with Gasteiger partial charge in [-0.25, -0.2) is 0 Å². The molecule has 0 radical (unpaired) electrons. The summed E-state index contributed by atoms with van der Waals surface area (Å²) in [7, 11) is -3.88. The van der Waals surface area contributed by atoms with Crippen molar-refractivity contribution < 1.29 is 22.3 Å². The van der Waals surface area contributed by atoms with Gasteiger partial charge in [-0.1, -0.05) is 19.1 Å². The highest BCUT2D eigenvalue weighted by atomic mass is 32.2. The number of allylic oxidation sites excluding steroid dienone is 2. The van der Waals surface area contributed by atoms with Crippen molar-refractivity contribution in [1.82, 2.24) is 5.06 Å². The molecule has 100 valence electrons. The first kappa shape index (κ1) is 13.2. The topological polar surface area (TPSA) is 80.8 Å². The molecule has 2 aliphatic rings. The van der Waals surface area contributed by atoms with Crippen LogP contribution in [0.5, 0.6) is 0 Å². The summed E-state index contributed by atoms with van der Waals surface area (Å²) >= 11 is 0. The normalized spacial score (nSPS) is 31.9. The molecule has 1 aliphatic heterocycles. The molecule has 7 heteroatoms. The molecule has 0 bridgehead atoms. The van der Waals surface area contributed by atoms with E-state index in [-0.39, 0.29) is 5.92 Å². The molecule has 6 nitrogen and oxygen atoms in total. The highest BCUT2D eigenvalue weighted by molar-refractivity contribution is 7.85. The van der Waals surface area contributed by atoms with Crippen molar-refractivity contribution in [3.05, 3.63) is 12.2 Å². The van der Waals surface area contributed by atoms with Gasteiger partial charge in [0.1, 0.15) is 0 Å². The van der Waals surface area contributed by atoms with Gasteiger partial charge < -0.3 is 0 Å². The van der Waals surface area contributed by atoms with Crippen molar-refractivity contribution in [2.24, 2.45) is 17.8 Å². The van der Waals surface area contributed by atoms with Gasteiger partial charge in [-0.05, 0) is 18.8 Å². The summed E-state index contributed by atoms with van der Waals surface area (Å²) in [5.74, 6) is -2.12. The van der Waals surface area contributed by atoms with Crippen LogP contribution in [-0.2, 0) is 24.0 Å². The molecule has 0 aromatic rings. The van der Waals surface area contributed by atoms with Crippen LogP contribution in [0.1, 0.15) is 19.8 Å². The third-order valence-electron chi connectivity index (χ3n) is 3.35. The molecular formula is C11H15NO5S. The molecule has 1 aliphatic carbocycles. The molecule has 2 rings (SSSR count). The molecule has 3 unspecified atom stereocenters. The van der Waals surface area contributed by atoms with Gasteiger partial charge in [0.15, 0.2) is 0 Å². The largest absolute Gasteiger partial charge is 0.285 e. The van der Waals surface area contributed by atoms with Gasteiger partial charge in [0.05, 0.1) is 18.1 Å². The third kappa shape index (κ3) is 2.20. The Kier molecular flexibility index (Phi) is 3.29. The van der Waals surface area contributed by atoms with E-state index in [1.807, 2.05) is 19.1 Å². The minimum absolute atomic E-state index is 0.0339. The van der Waals surface area contributed by atoms with Crippen LogP contribution in [-0.4, -0.2) is 31.6 Å². The Labute approximate surface area is 106 Å². The molecule has 2 amide bonds. The van der Waals surface area contributed by atoms with Crippen molar-refractivity contribution in [3.8, 4) is 0 Å². The number of fused-ring (bicyclic) bond motifs is 1. The summed E-state index contributed by atoms with van der Waals surface area (Å²) in [5, 5.41) is 0.417. The van der Waals surface area contributed by atoms with Gasteiger partial charge >= 0.3 is 0 Å². The maximum atomic E-state index is 12.1. The Bertz CT molecular complexity index is 510. The van der Waals surface area contributed by atoms with Crippen molar-refractivity contribution >= 4 is 21.9 Å². The average molecular weight is 273 g/mol. The van der Waals surface area contributed by atoms with Gasteiger partial charge in [-0.3, -0.25) is 9.59 Å². The summed E-state index contributed by atoms with van der Waals surface area (Å²) < 4.78 is 26.6. The Morgan fingerprint density at radius 2 is 2.06 bits per heavy atom. The summed E-state index contributed by atoms with van der Waals surface area (Å²) in [6.07, 6.45) is 5.77. The lowest BCUT2D eigenvalue weighted by Crippen LogP contribution is -2.34. The maximum absolute atomic E-state index is 12.1. The van der Waals surface area contributed by atoms with Crippen molar-refractivity contribution in [2.45, 2.75) is 19.8 Å². The summed E-state index contributed by atoms with van der Waals surface area (Å²) in [4.78, 5) is 24.1. The molecule has 0 N–H and O–H groups in total. The van der Waals surface area contributed by atoms with Crippen LogP contribution in [0.15, 0.2) is 12.2 Å². The van der Waals surface area contributed by atoms with Crippen LogP contribution in [0.25, 0.3) is 0 Å². The highest BCUT2D eigenvalue weighted by Gasteiger charge is 2.52. The van der Waals surface area contributed by atoms with E-state index in [0.717, 1.165) is 12.7 Å². The van der Waals surface area contributed by atoms with Gasteiger partial charge in [-0.2, -0.15) is 8.42 Å². The molecule has 1 heterocycles. The predicted octanol–water partition coefficient (Wildman–Crippen LogP) is 0.465. The van der Waals surface area contributed by atoms with E-state index in [1.54, 1.807) is 0 Å². The van der Waals surface area contributed by atoms with Crippen LogP contribution >= 0.6 is 0 Å². The van der Waals surface area contributed by atoms with E-state index in [4.69, 9.17) is 0 Å². The zero-order valence-electron chi connectivity index (χ0n) is 10.2. The van der Waals surface area contributed by atoms with E-state index >= 15 is 0 Å². The Balaban J connectivity index is 2.29. The molecule has 0 saturated carbocycles. The Morgan fingerprint density at radius 3 is 2.61 bits per heavy atom. The summed E-state index contributed by atoms with van der Waals surface area (Å²) in [5.41, 5.74) is 0. The van der Waals surface area contributed by atoms with Gasteiger partial charge in [0, 0.05) is 0 Å². The van der Waals surface area contributed by atoms with Gasteiger partial charge in [-0.15, -0.1) is 9.35 Å². The van der Waals surface area contributed by atoms with Crippen molar-refractivity contribution in [3.63, 3.8) is 0 Å². The van der Waals surface area contributed by atoms with E-state index in [1.165, 1.54) is 0 Å². The fourth-order valence-corrected chi connectivity index (χ4v) is 2.99. The molecule has 1 fully saturated rings. The van der Waals surface area contributed by atoms with Crippen LogP contribution < -0.4 is 0 Å². The number of hydroxylamine groups is 2. The second-order valence-electron chi connectivity index (χ2n) is 4.62. The first-order valence-corrected chi connectivity index (χ1v) is 7.61. The minimum Gasteiger partial charge on any atom is -0.272 e. The fraction of sp³-hybridized carbons (Fsp3) is 0.636. The first-order valence-electron chi connectivity index (χ1n) is 5.79. The fourth-order valence-electron chi connectivity index (χ4n) is 2.57. The number of hydrogen-bond donors (Lipinski definition) is 0. The van der Waals surface area contributed by atoms with Crippen LogP contribution in [0.4, 0.5) is 0 Å². The minimum atomic E-state index is -3.88. The van der Waals surface area contributed by atoms with E-state index in [9.17, 15) is 18.0 Å². The second kappa shape index (κ2) is 4.47. The molecule has 3 atom stereocenters. The first-order chi connectivity index (χ1) is 8.35. The number of carbonyl (C=O) groups is 2. The Morgan fingerprint density at radius 1 is 1.39 bits per heavy atom. The monoisotopic (exact) mass is 273 g/mol. The van der Waals surface area contributed by atoms with Gasteiger partial charge in [0.25, 0.3) is 21.9 Å². The van der Waals surface area contributed by atoms with E-state index in [2.05, 4.69) is 4.28 Å². The van der Waals surface area contributed by atoms with Crippen LogP contribution in [0.2, 0.25) is 0 Å². The molecule has 1 saturated heterocycles. The van der Waals surface area contributed by atoms with Crippen molar-refractivity contribution in [1.29, 1.82) is 0 Å². The number of hydrogen-bond acceptors (Lipinski definition) is 5. The van der Waals surface area contributed by atoms with Crippen LogP contribution in [0.3, 0.4) is 0 Å². The number of carbonyl (C=O) groups excluding carboxylic acids is 2. The summed E-state index contributed by atoms with van der Waals surface area (Å²) in [6.45, 7) is 1.93. The zero-order valence-corrected chi connectivity index (χ0v) is 11.0. The standard InChI is InChI=1S/C11H15NO5S/c1-3-7-5-4-6-8-9(7)11(14)12(10(8)13)17-18(2,15)16/h4-5,7-9H,3,6H2,1-2H3. The average Bonchev–Trinajstić information content (AvgIpc) is 2.53. The number of nitrogens with zero attached hydrogens (tertiary/aromatic N) is 1. The lowest BCUT2D eigenvalue weighted by atomic mass is 9.76. The maximum Gasteiger partial charge on any atom is 0.285 e. The quantitative estimate of drug-likeness (QED) is 0.551. The zero-order chi connectivity index (χ0) is 13.5. The number of imide groups is 1.